The number of carbonyl (C=O) groups is 1. The summed E-state index contributed by atoms with van der Waals surface area (Å²) < 4.78 is 15.4. The van der Waals surface area contributed by atoms with Crippen LogP contribution >= 0.6 is 11.5 Å². The molecule has 0 bridgehead atoms. The van der Waals surface area contributed by atoms with Gasteiger partial charge in [0.2, 0.25) is 0 Å². The van der Waals surface area contributed by atoms with Crippen LogP contribution in [0.5, 0.6) is 11.5 Å². The number of aryl methyl sites for hydroxylation is 1. The smallest absolute Gasteiger partial charge is 0.138 e. The Morgan fingerprint density at radius 1 is 1.07 bits per heavy atom. The van der Waals surface area contributed by atoms with Gasteiger partial charge in [-0.15, -0.1) is 0 Å². The van der Waals surface area contributed by atoms with Crippen LogP contribution < -0.4 is 15.2 Å². The predicted octanol–water partition coefficient (Wildman–Crippen LogP) is 4.57. The van der Waals surface area contributed by atoms with Crippen molar-refractivity contribution in [2.75, 3.05) is 20.8 Å². The van der Waals surface area contributed by atoms with Crippen molar-refractivity contribution in [3.8, 4) is 33.1 Å². The Kier molecular flexibility index (Phi) is 6.67. The number of ketones is 1. The quantitative estimate of drug-likeness (QED) is 0.589. The number of rotatable bonds is 8. The van der Waals surface area contributed by atoms with Crippen LogP contribution in [-0.2, 0) is 11.2 Å². The van der Waals surface area contributed by atoms with Gasteiger partial charge in [-0.05, 0) is 72.4 Å². The lowest BCUT2D eigenvalue weighted by Gasteiger charge is -2.13. The molecule has 0 aliphatic heterocycles. The average molecular weight is 411 g/mol. The third-order valence-electron chi connectivity index (χ3n) is 5.07. The lowest BCUT2D eigenvalue weighted by Crippen LogP contribution is -2.10. The van der Waals surface area contributed by atoms with E-state index in [0.717, 1.165) is 38.4 Å². The summed E-state index contributed by atoms with van der Waals surface area (Å²) in [4.78, 5) is 13.2. The van der Waals surface area contributed by atoms with E-state index < -0.39 is 0 Å². The number of nitrogens with two attached hydrogens (primary N) is 1. The number of Topliss-reactive ketones (excluding diaryl/α,β-unsaturated/α-hetero) is 1. The maximum absolute atomic E-state index is 12.1. The van der Waals surface area contributed by atoms with Crippen LogP contribution in [0.4, 0.5) is 0 Å². The first-order valence-electron chi connectivity index (χ1n) is 9.47. The van der Waals surface area contributed by atoms with Gasteiger partial charge in [0.1, 0.15) is 17.3 Å². The fourth-order valence-corrected chi connectivity index (χ4v) is 4.13. The van der Waals surface area contributed by atoms with Gasteiger partial charge < -0.3 is 15.2 Å². The molecule has 0 fully saturated rings. The molecule has 0 amide bonds. The van der Waals surface area contributed by atoms with Crippen molar-refractivity contribution in [3.05, 3.63) is 53.2 Å². The fraction of sp³-hybridized carbons (Fsp3) is 0.304. The Hall–Kier alpha value is -2.70. The third-order valence-corrected chi connectivity index (χ3v) is 5.92. The van der Waals surface area contributed by atoms with Crippen molar-refractivity contribution in [1.82, 2.24) is 4.37 Å². The summed E-state index contributed by atoms with van der Waals surface area (Å²) in [6.45, 7) is 4.49. The minimum atomic E-state index is 0.102. The van der Waals surface area contributed by atoms with Crippen molar-refractivity contribution < 1.29 is 14.3 Å². The highest BCUT2D eigenvalue weighted by Gasteiger charge is 2.16. The zero-order valence-electron chi connectivity index (χ0n) is 17.2. The average Bonchev–Trinajstić information content (AvgIpc) is 3.20. The predicted molar refractivity (Wildman–Crippen MR) is 118 cm³/mol. The largest absolute Gasteiger partial charge is 0.496 e. The molecule has 0 saturated heterocycles. The number of carbonyl (C=O) groups excluding carboxylic acids is 1. The molecule has 1 heterocycles. The van der Waals surface area contributed by atoms with Crippen LogP contribution in [-0.4, -0.2) is 30.9 Å². The summed E-state index contributed by atoms with van der Waals surface area (Å²) in [7, 11) is 3.30. The first-order valence-corrected chi connectivity index (χ1v) is 10.2. The second-order valence-electron chi connectivity index (χ2n) is 6.97. The first kappa shape index (κ1) is 21.0. The molecule has 29 heavy (non-hydrogen) atoms. The molecule has 0 aliphatic rings. The van der Waals surface area contributed by atoms with E-state index in [1.165, 1.54) is 17.1 Å². The molecule has 5 nitrogen and oxygen atoms in total. The van der Waals surface area contributed by atoms with Crippen LogP contribution in [0, 0.1) is 13.8 Å². The zero-order valence-corrected chi connectivity index (χ0v) is 18.1. The lowest BCUT2D eigenvalue weighted by atomic mass is 9.97. The van der Waals surface area contributed by atoms with E-state index in [1.807, 2.05) is 24.4 Å². The van der Waals surface area contributed by atoms with Gasteiger partial charge in [-0.3, -0.25) is 4.79 Å². The second-order valence-corrected chi connectivity index (χ2v) is 7.77. The van der Waals surface area contributed by atoms with Crippen LogP contribution in [0.1, 0.15) is 23.1 Å². The van der Waals surface area contributed by atoms with Gasteiger partial charge in [-0.1, -0.05) is 12.1 Å². The fourth-order valence-electron chi connectivity index (χ4n) is 3.37. The molecule has 2 aromatic carbocycles. The van der Waals surface area contributed by atoms with Crippen LogP contribution in [0.15, 0.2) is 36.5 Å². The molecular formula is C23H26N2O3S. The highest BCUT2D eigenvalue weighted by Crippen LogP contribution is 2.39. The number of methoxy groups -OCH3 is 2. The SMILES string of the molecule is COc1ccc(-c2cnsc2-c2cc(C)c(C)c(OC)c2)cc1CC(=O)CCN. The Morgan fingerprint density at radius 3 is 2.52 bits per heavy atom. The zero-order chi connectivity index (χ0) is 21.0. The van der Waals surface area contributed by atoms with Gasteiger partial charge in [0.15, 0.2) is 0 Å². The first-order chi connectivity index (χ1) is 14.0. The van der Waals surface area contributed by atoms with Gasteiger partial charge in [-0.25, -0.2) is 0 Å². The topological polar surface area (TPSA) is 74.4 Å². The van der Waals surface area contributed by atoms with E-state index in [0.29, 0.717) is 25.1 Å². The third kappa shape index (κ3) is 4.49. The lowest BCUT2D eigenvalue weighted by molar-refractivity contribution is -0.118. The molecule has 152 valence electrons. The number of aromatic nitrogens is 1. The number of ether oxygens (including phenoxy) is 2. The summed E-state index contributed by atoms with van der Waals surface area (Å²) >= 11 is 1.45. The van der Waals surface area contributed by atoms with Crippen LogP contribution in [0.2, 0.25) is 0 Å². The molecular weight excluding hydrogens is 384 g/mol. The van der Waals surface area contributed by atoms with E-state index in [9.17, 15) is 4.79 Å². The van der Waals surface area contributed by atoms with Crippen LogP contribution in [0.25, 0.3) is 21.6 Å². The Labute approximate surface area is 175 Å². The highest BCUT2D eigenvalue weighted by molar-refractivity contribution is 7.10. The number of benzene rings is 2. The van der Waals surface area contributed by atoms with Crippen molar-refractivity contribution >= 4 is 17.3 Å². The van der Waals surface area contributed by atoms with E-state index in [2.05, 4.69) is 30.4 Å². The van der Waals surface area contributed by atoms with Crippen molar-refractivity contribution in [3.63, 3.8) is 0 Å². The maximum Gasteiger partial charge on any atom is 0.138 e. The van der Waals surface area contributed by atoms with E-state index in [-0.39, 0.29) is 5.78 Å². The van der Waals surface area contributed by atoms with Crippen molar-refractivity contribution in [2.45, 2.75) is 26.7 Å². The molecule has 6 heteroatoms. The maximum atomic E-state index is 12.1. The molecule has 2 N–H and O–H groups in total. The van der Waals surface area contributed by atoms with E-state index >= 15 is 0 Å². The molecule has 1 aromatic heterocycles. The Balaban J connectivity index is 2.05. The van der Waals surface area contributed by atoms with Gasteiger partial charge in [0.05, 0.1) is 19.1 Å². The normalized spacial score (nSPS) is 10.8. The summed E-state index contributed by atoms with van der Waals surface area (Å²) in [6, 6.07) is 10.1. The summed E-state index contributed by atoms with van der Waals surface area (Å²) in [5.74, 6) is 1.67. The summed E-state index contributed by atoms with van der Waals surface area (Å²) in [5, 5.41) is 0. The monoisotopic (exact) mass is 410 g/mol. The molecule has 3 aromatic rings. The molecule has 0 aliphatic carbocycles. The van der Waals surface area contributed by atoms with Crippen molar-refractivity contribution in [2.24, 2.45) is 5.73 Å². The molecule has 0 unspecified atom stereocenters. The number of hydrogen-bond acceptors (Lipinski definition) is 6. The highest BCUT2D eigenvalue weighted by atomic mass is 32.1. The van der Waals surface area contributed by atoms with Gasteiger partial charge in [-0.2, -0.15) is 4.37 Å². The molecule has 0 atom stereocenters. The molecule has 0 radical (unpaired) electrons. The van der Waals surface area contributed by atoms with Crippen molar-refractivity contribution in [1.29, 1.82) is 0 Å². The standard InChI is InChI=1S/C23H26N2O3S/c1-14-9-18(12-22(28-4)15(14)2)23-20(13-25-29-23)16-5-6-21(27-3)17(10-16)11-19(26)7-8-24/h5-6,9-10,12-13H,7-8,11,24H2,1-4H3. The van der Waals surface area contributed by atoms with Gasteiger partial charge in [0, 0.05) is 30.2 Å². The van der Waals surface area contributed by atoms with Gasteiger partial charge in [0.25, 0.3) is 0 Å². The van der Waals surface area contributed by atoms with Crippen LogP contribution in [0.3, 0.4) is 0 Å². The Morgan fingerprint density at radius 2 is 1.83 bits per heavy atom. The Bertz CT molecular complexity index is 1030. The molecule has 0 saturated carbocycles. The minimum absolute atomic E-state index is 0.102. The summed E-state index contributed by atoms with van der Waals surface area (Å²) in [6.07, 6.45) is 2.54. The molecule has 0 spiro atoms. The second kappa shape index (κ2) is 9.20. The van der Waals surface area contributed by atoms with E-state index in [1.54, 1.807) is 14.2 Å². The summed E-state index contributed by atoms with van der Waals surface area (Å²) in [5.41, 5.74) is 11.8. The van der Waals surface area contributed by atoms with E-state index in [4.69, 9.17) is 15.2 Å². The number of hydrogen-bond donors (Lipinski definition) is 1. The minimum Gasteiger partial charge on any atom is -0.496 e. The molecule has 3 rings (SSSR count). The van der Waals surface area contributed by atoms with Gasteiger partial charge >= 0.3 is 0 Å². The number of nitrogens with zero attached hydrogens (tertiary/aromatic N) is 1.